The number of methoxy groups -OCH3 is 1. The number of carbonyl (C=O) groups is 2. The van der Waals surface area contributed by atoms with Crippen molar-refractivity contribution in [3.8, 4) is 0 Å². The lowest BCUT2D eigenvalue weighted by atomic mass is 10.1. The fourth-order valence-corrected chi connectivity index (χ4v) is 1.84. The molecule has 0 spiro atoms. The highest BCUT2D eigenvalue weighted by Crippen LogP contribution is 2.12. The molecule has 0 saturated heterocycles. The Morgan fingerprint density at radius 2 is 1.59 bits per heavy atom. The number of carbonyl (C=O) groups excluding carboxylic acids is 2. The van der Waals surface area contributed by atoms with Gasteiger partial charge in [0.2, 0.25) is 0 Å². The Bertz CT molecular complexity index is 637. The molecule has 2 aromatic carbocycles. The Morgan fingerprint density at radius 3 is 2.18 bits per heavy atom. The molecule has 1 N–H and O–H groups in total. The van der Waals surface area contributed by atoms with Gasteiger partial charge in [-0.2, -0.15) is 0 Å². The molecule has 114 valence electrons. The van der Waals surface area contributed by atoms with E-state index in [1.54, 1.807) is 55.5 Å². The van der Waals surface area contributed by atoms with E-state index in [9.17, 15) is 9.59 Å². The van der Waals surface area contributed by atoms with Crippen molar-refractivity contribution in [3.63, 3.8) is 0 Å². The van der Waals surface area contributed by atoms with Crippen molar-refractivity contribution < 1.29 is 19.2 Å². The average Bonchev–Trinajstić information content (AvgIpc) is 2.59. The molecule has 0 fully saturated rings. The van der Waals surface area contributed by atoms with E-state index in [1.165, 1.54) is 7.11 Å². The van der Waals surface area contributed by atoms with Gasteiger partial charge in [-0.3, -0.25) is 15.1 Å². The maximum absolute atomic E-state index is 12.1. The summed E-state index contributed by atoms with van der Waals surface area (Å²) in [5.41, 5.74) is 4.39. The quantitative estimate of drug-likeness (QED) is 0.504. The maximum atomic E-state index is 12.1. The predicted octanol–water partition coefficient (Wildman–Crippen LogP) is 3.09. The molecule has 22 heavy (non-hydrogen) atoms. The van der Waals surface area contributed by atoms with Crippen molar-refractivity contribution in [2.75, 3.05) is 12.6 Å². The molecule has 0 aliphatic carbocycles. The molecule has 0 aliphatic rings. The zero-order valence-corrected chi connectivity index (χ0v) is 12.4. The van der Waals surface area contributed by atoms with Crippen LogP contribution >= 0.6 is 0 Å². The third kappa shape index (κ3) is 3.93. The minimum Gasteiger partial charge on any atom is -0.465 e. The lowest BCUT2D eigenvalue weighted by Gasteiger charge is -2.13. The number of ether oxygens (including phenoxy) is 1. The molecular formula is C17H17NO4. The third-order valence-electron chi connectivity index (χ3n) is 3.09. The van der Waals surface area contributed by atoms with Crippen molar-refractivity contribution >= 4 is 17.4 Å². The highest BCUT2D eigenvalue weighted by molar-refractivity contribution is 5.99. The third-order valence-corrected chi connectivity index (χ3v) is 3.09. The zero-order valence-electron chi connectivity index (χ0n) is 12.4. The molecule has 0 bridgehead atoms. The van der Waals surface area contributed by atoms with Crippen LogP contribution in [0.1, 0.15) is 27.6 Å². The Kier molecular flexibility index (Phi) is 5.27. The molecule has 5 nitrogen and oxygen atoms in total. The Morgan fingerprint density at radius 1 is 0.955 bits per heavy atom. The lowest BCUT2D eigenvalue weighted by Crippen LogP contribution is -2.23. The molecular weight excluding hydrogens is 282 g/mol. The lowest BCUT2D eigenvalue weighted by molar-refractivity contribution is 0.0600. The van der Waals surface area contributed by atoms with Gasteiger partial charge < -0.3 is 4.74 Å². The summed E-state index contributed by atoms with van der Waals surface area (Å²) in [5.74, 6) is -0.514. The Labute approximate surface area is 128 Å². The van der Waals surface area contributed by atoms with Gasteiger partial charge in [-0.25, -0.2) is 4.79 Å². The standard InChI is InChI=1S/C17H17NO4/c1-12(16(19)13-6-4-3-5-7-13)22-18-15-10-8-14(9-11-15)17(20)21-2/h3-12,18H,1-2H3/t12-/m0/s1. The summed E-state index contributed by atoms with van der Waals surface area (Å²) in [6.07, 6.45) is -0.636. The van der Waals surface area contributed by atoms with Crippen LogP contribution in [0.5, 0.6) is 0 Å². The Balaban J connectivity index is 1.92. The van der Waals surface area contributed by atoms with E-state index in [4.69, 9.17) is 4.84 Å². The summed E-state index contributed by atoms with van der Waals surface area (Å²) >= 11 is 0. The van der Waals surface area contributed by atoms with E-state index in [0.29, 0.717) is 16.8 Å². The first-order chi connectivity index (χ1) is 10.6. The summed E-state index contributed by atoms with van der Waals surface area (Å²) < 4.78 is 4.62. The number of esters is 1. The molecule has 0 saturated carbocycles. The number of rotatable bonds is 6. The van der Waals surface area contributed by atoms with Crippen LogP contribution in [0.15, 0.2) is 54.6 Å². The van der Waals surface area contributed by atoms with E-state index < -0.39 is 12.1 Å². The SMILES string of the molecule is COC(=O)c1ccc(NO[C@@H](C)C(=O)c2ccccc2)cc1. The van der Waals surface area contributed by atoms with Gasteiger partial charge in [-0.05, 0) is 31.2 Å². The van der Waals surface area contributed by atoms with E-state index in [0.717, 1.165) is 0 Å². The first-order valence-electron chi connectivity index (χ1n) is 6.81. The highest BCUT2D eigenvalue weighted by atomic mass is 16.7. The van der Waals surface area contributed by atoms with Gasteiger partial charge in [0.15, 0.2) is 5.78 Å². The number of hydrogen-bond donors (Lipinski definition) is 1. The van der Waals surface area contributed by atoms with Crippen molar-refractivity contribution in [3.05, 3.63) is 65.7 Å². The smallest absolute Gasteiger partial charge is 0.337 e. The molecule has 2 rings (SSSR count). The van der Waals surface area contributed by atoms with E-state index >= 15 is 0 Å². The van der Waals surface area contributed by atoms with Crippen molar-refractivity contribution in [2.45, 2.75) is 13.0 Å². The molecule has 2 aromatic rings. The van der Waals surface area contributed by atoms with Crippen LogP contribution in [-0.4, -0.2) is 25.0 Å². The summed E-state index contributed by atoms with van der Waals surface area (Å²) in [5, 5.41) is 0. The molecule has 0 aromatic heterocycles. The molecule has 0 amide bonds. The van der Waals surface area contributed by atoms with Gasteiger partial charge >= 0.3 is 5.97 Å². The van der Waals surface area contributed by atoms with Gasteiger partial charge in [-0.15, -0.1) is 0 Å². The van der Waals surface area contributed by atoms with Crippen molar-refractivity contribution in [2.24, 2.45) is 0 Å². The predicted molar refractivity (Wildman–Crippen MR) is 82.7 cm³/mol. The fourth-order valence-electron chi connectivity index (χ4n) is 1.84. The molecule has 0 radical (unpaired) electrons. The molecule has 0 unspecified atom stereocenters. The maximum Gasteiger partial charge on any atom is 0.337 e. The van der Waals surface area contributed by atoms with Gasteiger partial charge in [-0.1, -0.05) is 30.3 Å². The van der Waals surface area contributed by atoms with Crippen LogP contribution in [0.3, 0.4) is 0 Å². The van der Waals surface area contributed by atoms with Crippen LogP contribution in [0.4, 0.5) is 5.69 Å². The number of Topliss-reactive ketones (excluding diaryl/α,β-unsaturated/α-hetero) is 1. The minimum atomic E-state index is -0.636. The zero-order chi connectivity index (χ0) is 15.9. The number of ketones is 1. The van der Waals surface area contributed by atoms with Gasteiger partial charge in [0.05, 0.1) is 18.4 Å². The first kappa shape index (κ1) is 15.7. The average molecular weight is 299 g/mol. The highest BCUT2D eigenvalue weighted by Gasteiger charge is 2.15. The van der Waals surface area contributed by atoms with Gasteiger partial charge in [0.25, 0.3) is 0 Å². The number of benzene rings is 2. The van der Waals surface area contributed by atoms with E-state index in [-0.39, 0.29) is 5.78 Å². The van der Waals surface area contributed by atoms with Crippen LogP contribution in [0, 0.1) is 0 Å². The second-order valence-corrected chi connectivity index (χ2v) is 4.66. The topological polar surface area (TPSA) is 64.6 Å². The minimum absolute atomic E-state index is 0.112. The van der Waals surface area contributed by atoms with E-state index in [2.05, 4.69) is 10.2 Å². The summed E-state index contributed by atoms with van der Waals surface area (Å²) in [7, 11) is 1.33. The van der Waals surface area contributed by atoms with Crippen LogP contribution < -0.4 is 5.48 Å². The number of nitrogens with one attached hydrogen (secondary N) is 1. The normalized spacial score (nSPS) is 11.5. The van der Waals surface area contributed by atoms with Crippen molar-refractivity contribution in [1.29, 1.82) is 0 Å². The fraction of sp³-hybridized carbons (Fsp3) is 0.176. The monoisotopic (exact) mass is 299 g/mol. The largest absolute Gasteiger partial charge is 0.465 e. The Hall–Kier alpha value is -2.66. The first-order valence-corrected chi connectivity index (χ1v) is 6.81. The summed E-state index contributed by atoms with van der Waals surface area (Å²) in [6.45, 7) is 1.67. The number of hydrogen-bond acceptors (Lipinski definition) is 5. The van der Waals surface area contributed by atoms with Gasteiger partial charge in [0.1, 0.15) is 6.10 Å². The van der Waals surface area contributed by atoms with Crippen LogP contribution in [-0.2, 0) is 9.57 Å². The number of anilines is 1. The van der Waals surface area contributed by atoms with Crippen LogP contribution in [0.25, 0.3) is 0 Å². The summed E-state index contributed by atoms with van der Waals surface area (Å²) in [4.78, 5) is 28.8. The second kappa shape index (κ2) is 7.38. The van der Waals surface area contributed by atoms with E-state index in [1.807, 2.05) is 6.07 Å². The molecule has 0 aliphatic heterocycles. The summed E-state index contributed by atoms with van der Waals surface area (Å²) in [6, 6.07) is 15.5. The molecule has 0 heterocycles. The van der Waals surface area contributed by atoms with Gasteiger partial charge in [0, 0.05) is 5.56 Å². The second-order valence-electron chi connectivity index (χ2n) is 4.66. The van der Waals surface area contributed by atoms with Crippen molar-refractivity contribution in [1.82, 2.24) is 0 Å². The van der Waals surface area contributed by atoms with Crippen LogP contribution in [0.2, 0.25) is 0 Å². The molecule has 5 heteroatoms. The molecule has 1 atom stereocenters.